The van der Waals surface area contributed by atoms with Gasteiger partial charge in [0.05, 0.1) is 12.8 Å². The zero-order valence-corrected chi connectivity index (χ0v) is 11.8. The molecule has 5 heteroatoms. The van der Waals surface area contributed by atoms with Gasteiger partial charge in [0.15, 0.2) is 4.77 Å². The number of nitrogens with one attached hydrogen (secondary N) is 1. The van der Waals surface area contributed by atoms with Gasteiger partial charge in [-0.3, -0.25) is 9.67 Å². The van der Waals surface area contributed by atoms with Crippen molar-refractivity contribution in [1.82, 2.24) is 14.8 Å². The molecule has 1 N–H and O–H groups in total. The van der Waals surface area contributed by atoms with E-state index in [0.717, 1.165) is 24.4 Å². The molecule has 4 nitrogen and oxygen atoms in total. The van der Waals surface area contributed by atoms with Crippen molar-refractivity contribution in [1.29, 1.82) is 0 Å². The van der Waals surface area contributed by atoms with Crippen molar-refractivity contribution in [3.05, 3.63) is 70.6 Å². The molecule has 0 unspecified atom stereocenters. The third-order valence-corrected chi connectivity index (χ3v) is 3.52. The summed E-state index contributed by atoms with van der Waals surface area (Å²) >= 11 is 5.28. The summed E-state index contributed by atoms with van der Waals surface area (Å²) in [4.78, 5) is 0. The minimum absolute atomic E-state index is 0.618. The predicted octanol–water partition coefficient (Wildman–Crippen LogP) is 3.37. The second-order valence-electron chi connectivity index (χ2n) is 4.60. The number of H-pyrrole nitrogens is 1. The normalized spacial score (nSPS) is 10.8. The first kappa shape index (κ1) is 12.9. The molecule has 102 valence electrons. The number of hydrogen-bond acceptors (Lipinski definition) is 3. The summed E-state index contributed by atoms with van der Waals surface area (Å²) < 4.78 is 7.98. The van der Waals surface area contributed by atoms with Crippen LogP contribution in [0.3, 0.4) is 0 Å². The predicted molar refractivity (Wildman–Crippen MR) is 79.1 cm³/mol. The first-order valence-electron chi connectivity index (χ1n) is 6.53. The maximum atomic E-state index is 5.37. The van der Waals surface area contributed by atoms with Crippen LogP contribution in [0.5, 0.6) is 0 Å². The van der Waals surface area contributed by atoms with Crippen molar-refractivity contribution < 1.29 is 4.42 Å². The second-order valence-corrected chi connectivity index (χ2v) is 4.98. The fourth-order valence-corrected chi connectivity index (χ4v) is 2.38. The van der Waals surface area contributed by atoms with Crippen molar-refractivity contribution in [2.45, 2.75) is 19.4 Å². The molecule has 0 saturated heterocycles. The zero-order valence-electron chi connectivity index (χ0n) is 11.0. The number of rotatable bonds is 5. The molecule has 2 heterocycles. The second kappa shape index (κ2) is 5.88. The van der Waals surface area contributed by atoms with Crippen molar-refractivity contribution in [3.8, 4) is 0 Å². The van der Waals surface area contributed by atoms with E-state index in [2.05, 4.69) is 34.5 Å². The highest BCUT2D eigenvalue weighted by atomic mass is 32.1. The molecule has 0 saturated carbocycles. The Morgan fingerprint density at radius 1 is 1.10 bits per heavy atom. The molecule has 0 bridgehead atoms. The van der Waals surface area contributed by atoms with Gasteiger partial charge in [-0.15, -0.1) is 0 Å². The molecule has 20 heavy (non-hydrogen) atoms. The van der Waals surface area contributed by atoms with Gasteiger partial charge < -0.3 is 4.42 Å². The number of nitrogens with zero attached hydrogens (tertiary/aromatic N) is 2. The Balaban J connectivity index is 1.75. The Hall–Kier alpha value is -2.14. The molecule has 3 rings (SSSR count). The molecule has 0 aliphatic carbocycles. The Labute approximate surface area is 122 Å². The van der Waals surface area contributed by atoms with E-state index in [1.165, 1.54) is 5.56 Å². The van der Waals surface area contributed by atoms with Crippen molar-refractivity contribution in [2.75, 3.05) is 0 Å². The van der Waals surface area contributed by atoms with Crippen LogP contribution >= 0.6 is 12.2 Å². The lowest BCUT2D eigenvalue weighted by Crippen LogP contribution is -2.06. The zero-order chi connectivity index (χ0) is 13.8. The molecular weight excluding hydrogens is 270 g/mol. The fourth-order valence-electron chi connectivity index (χ4n) is 2.16. The molecule has 0 aliphatic heterocycles. The molecule has 0 atom stereocenters. The van der Waals surface area contributed by atoms with Crippen LogP contribution in [0.15, 0.2) is 53.1 Å². The van der Waals surface area contributed by atoms with Crippen LogP contribution in [0, 0.1) is 4.77 Å². The first-order chi connectivity index (χ1) is 9.83. The van der Waals surface area contributed by atoms with Crippen molar-refractivity contribution in [2.24, 2.45) is 0 Å². The highest BCUT2D eigenvalue weighted by molar-refractivity contribution is 7.71. The average molecular weight is 285 g/mol. The maximum absolute atomic E-state index is 5.37. The average Bonchev–Trinajstić information content (AvgIpc) is 3.10. The summed E-state index contributed by atoms with van der Waals surface area (Å²) in [5.41, 5.74) is 1.30. The Kier molecular flexibility index (Phi) is 3.78. The van der Waals surface area contributed by atoms with E-state index in [-0.39, 0.29) is 0 Å². The Morgan fingerprint density at radius 3 is 2.70 bits per heavy atom. The quantitative estimate of drug-likeness (QED) is 0.731. The van der Waals surface area contributed by atoms with Crippen LogP contribution in [-0.2, 0) is 19.4 Å². The largest absolute Gasteiger partial charge is 0.467 e. The topological polar surface area (TPSA) is 46.8 Å². The van der Waals surface area contributed by atoms with Gasteiger partial charge >= 0.3 is 0 Å². The summed E-state index contributed by atoms with van der Waals surface area (Å²) in [6, 6.07) is 14.2. The van der Waals surface area contributed by atoms with Crippen LogP contribution in [0.4, 0.5) is 0 Å². The van der Waals surface area contributed by atoms with Crippen molar-refractivity contribution in [3.63, 3.8) is 0 Å². The highest BCUT2D eigenvalue weighted by Gasteiger charge is 2.08. The maximum Gasteiger partial charge on any atom is 0.195 e. The number of benzene rings is 1. The van der Waals surface area contributed by atoms with E-state index in [1.807, 2.05) is 22.8 Å². The van der Waals surface area contributed by atoms with E-state index >= 15 is 0 Å². The Bertz CT molecular complexity index is 713. The molecule has 0 aliphatic rings. The fraction of sp³-hybridized carbons (Fsp3) is 0.200. The minimum atomic E-state index is 0.618. The number of aromatic nitrogens is 3. The molecule has 0 amide bonds. The van der Waals surface area contributed by atoms with E-state index in [9.17, 15) is 0 Å². The van der Waals surface area contributed by atoms with Gasteiger partial charge in [0, 0.05) is 6.42 Å². The molecule has 3 aromatic rings. The van der Waals surface area contributed by atoms with Gasteiger partial charge in [0.2, 0.25) is 0 Å². The van der Waals surface area contributed by atoms with Gasteiger partial charge in [0.25, 0.3) is 0 Å². The lowest BCUT2D eigenvalue weighted by atomic mass is 10.1. The summed E-state index contributed by atoms with van der Waals surface area (Å²) in [7, 11) is 0. The molecule has 1 aromatic carbocycles. The third-order valence-electron chi connectivity index (χ3n) is 3.21. The molecule has 2 aromatic heterocycles. The summed E-state index contributed by atoms with van der Waals surface area (Å²) in [6.07, 6.45) is 3.46. The summed E-state index contributed by atoms with van der Waals surface area (Å²) in [5.74, 6) is 1.83. The van der Waals surface area contributed by atoms with E-state index in [4.69, 9.17) is 16.6 Å². The van der Waals surface area contributed by atoms with Crippen LogP contribution < -0.4 is 0 Å². The van der Waals surface area contributed by atoms with Gasteiger partial charge in [-0.2, -0.15) is 5.10 Å². The number of aromatic amines is 1. The van der Waals surface area contributed by atoms with E-state index in [1.54, 1.807) is 6.26 Å². The lowest BCUT2D eigenvalue weighted by molar-refractivity contribution is 0.487. The van der Waals surface area contributed by atoms with Crippen LogP contribution in [-0.4, -0.2) is 14.8 Å². The van der Waals surface area contributed by atoms with Crippen LogP contribution in [0.1, 0.15) is 17.1 Å². The summed E-state index contributed by atoms with van der Waals surface area (Å²) in [6.45, 7) is 0.618. The number of aryl methyl sites for hydroxylation is 2. The lowest BCUT2D eigenvalue weighted by Gasteiger charge is -2.05. The monoisotopic (exact) mass is 285 g/mol. The first-order valence-corrected chi connectivity index (χ1v) is 6.94. The van der Waals surface area contributed by atoms with Gasteiger partial charge in [-0.1, -0.05) is 30.3 Å². The third kappa shape index (κ3) is 2.88. The molecule has 0 fully saturated rings. The summed E-state index contributed by atoms with van der Waals surface area (Å²) in [5, 5.41) is 7.18. The molecule has 0 radical (unpaired) electrons. The Morgan fingerprint density at radius 2 is 1.95 bits per heavy atom. The van der Waals surface area contributed by atoms with E-state index < -0.39 is 0 Å². The van der Waals surface area contributed by atoms with Gasteiger partial charge in [-0.25, -0.2) is 0 Å². The standard InChI is InChI=1S/C15H15N3OS/c20-15-17-16-14(9-8-12-5-2-1-3-6-12)18(15)11-13-7-4-10-19-13/h1-7,10H,8-9,11H2,(H,17,20). The molecule has 0 spiro atoms. The number of furan rings is 1. The smallest absolute Gasteiger partial charge is 0.195 e. The van der Waals surface area contributed by atoms with Crippen LogP contribution in [0.25, 0.3) is 0 Å². The van der Waals surface area contributed by atoms with E-state index in [0.29, 0.717) is 11.3 Å². The minimum Gasteiger partial charge on any atom is -0.467 e. The number of hydrogen-bond donors (Lipinski definition) is 1. The highest BCUT2D eigenvalue weighted by Crippen LogP contribution is 2.09. The van der Waals surface area contributed by atoms with Crippen molar-refractivity contribution >= 4 is 12.2 Å². The molecular formula is C15H15N3OS. The SMILES string of the molecule is S=c1[nH]nc(CCc2ccccc2)n1Cc1ccco1. The van der Waals surface area contributed by atoms with Gasteiger partial charge in [-0.05, 0) is 36.3 Å². The van der Waals surface area contributed by atoms with Crippen LogP contribution in [0.2, 0.25) is 0 Å². The van der Waals surface area contributed by atoms with Gasteiger partial charge in [0.1, 0.15) is 11.6 Å².